The zero-order chi connectivity index (χ0) is 23.0. The summed E-state index contributed by atoms with van der Waals surface area (Å²) in [6.07, 6.45) is -0.729. The van der Waals surface area contributed by atoms with E-state index in [1.54, 1.807) is 30.3 Å². The van der Waals surface area contributed by atoms with Gasteiger partial charge in [0.1, 0.15) is 0 Å². The van der Waals surface area contributed by atoms with Crippen molar-refractivity contribution >= 4 is 11.9 Å². The standard InChI is InChI=1S/C27H21NO5/c29-23-17-16-22(18-28-23)26(30)33-25(21-14-8-3-9-15-21)27(31)32-24(19-10-4-1-5-11-19)20-12-6-2-7-13-20/h1-18,24-25H,(H,28,29). The van der Waals surface area contributed by atoms with Gasteiger partial charge in [-0.15, -0.1) is 0 Å². The molecule has 0 aliphatic carbocycles. The van der Waals surface area contributed by atoms with Gasteiger partial charge in [-0.2, -0.15) is 0 Å². The molecule has 4 rings (SSSR count). The second kappa shape index (κ2) is 10.2. The summed E-state index contributed by atoms with van der Waals surface area (Å²) in [6.45, 7) is 0. The zero-order valence-electron chi connectivity index (χ0n) is 17.6. The molecule has 0 spiro atoms. The van der Waals surface area contributed by atoms with Gasteiger partial charge in [0.05, 0.1) is 5.56 Å². The Morgan fingerprint density at radius 3 is 1.64 bits per heavy atom. The number of pyridine rings is 1. The molecule has 0 aliphatic rings. The highest BCUT2D eigenvalue weighted by Crippen LogP contribution is 2.30. The number of H-pyrrole nitrogens is 1. The monoisotopic (exact) mass is 439 g/mol. The lowest BCUT2D eigenvalue weighted by molar-refractivity contribution is -0.158. The van der Waals surface area contributed by atoms with E-state index in [2.05, 4.69) is 4.98 Å². The number of hydrogen-bond acceptors (Lipinski definition) is 5. The number of benzene rings is 3. The molecule has 0 saturated carbocycles. The van der Waals surface area contributed by atoms with E-state index in [1.165, 1.54) is 18.3 Å². The van der Waals surface area contributed by atoms with Crippen molar-refractivity contribution in [2.24, 2.45) is 0 Å². The molecule has 1 atom stereocenters. The second-order valence-electron chi connectivity index (χ2n) is 7.28. The average Bonchev–Trinajstić information content (AvgIpc) is 2.87. The molecule has 164 valence electrons. The van der Waals surface area contributed by atoms with Gasteiger partial charge in [0.15, 0.2) is 6.10 Å². The third-order valence-corrected chi connectivity index (χ3v) is 5.00. The molecule has 0 fully saturated rings. The van der Waals surface area contributed by atoms with Crippen LogP contribution in [-0.4, -0.2) is 16.9 Å². The number of rotatable bonds is 7. The van der Waals surface area contributed by atoms with Crippen LogP contribution in [0.5, 0.6) is 0 Å². The third-order valence-electron chi connectivity index (χ3n) is 5.00. The van der Waals surface area contributed by atoms with Crippen molar-refractivity contribution in [3.63, 3.8) is 0 Å². The van der Waals surface area contributed by atoms with Crippen molar-refractivity contribution in [3.05, 3.63) is 142 Å². The first-order chi connectivity index (χ1) is 16.1. The maximum absolute atomic E-state index is 13.4. The van der Waals surface area contributed by atoms with E-state index in [0.717, 1.165) is 11.1 Å². The highest BCUT2D eigenvalue weighted by Gasteiger charge is 2.30. The van der Waals surface area contributed by atoms with Crippen LogP contribution in [0, 0.1) is 0 Å². The third kappa shape index (κ3) is 5.43. The largest absolute Gasteiger partial charge is 0.450 e. The SMILES string of the molecule is O=C(OC(C(=O)OC(c1ccccc1)c1ccccc1)c1ccccc1)c1ccc(=O)[nH]c1. The maximum Gasteiger partial charge on any atom is 0.353 e. The van der Waals surface area contributed by atoms with Crippen LogP contribution < -0.4 is 5.56 Å². The van der Waals surface area contributed by atoms with Crippen molar-refractivity contribution in [1.29, 1.82) is 0 Å². The van der Waals surface area contributed by atoms with E-state index in [-0.39, 0.29) is 11.1 Å². The van der Waals surface area contributed by atoms with Gasteiger partial charge in [-0.05, 0) is 17.2 Å². The first-order valence-electron chi connectivity index (χ1n) is 10.4. The van der Waals surface area contributed by atoms with E-state index < -0.39 is 24.1 Å². The summed E-state index contributed by atoms with van der Waals surface area (Å²) < 4.78 is 11.5. The Bertz CT molecular complexity index is 1210. The molecular formula is C27H21NO5. The molecule has 1 unspecified atom stereocenters. The average molecular weight is 439 g/mol. The van der Waals surface area contributed by atoms with E-state index >= 15 is 0 Å². The van der Waals surface area contributed by atoms with E-state index in [9.17, 15) is 14.4 Å². The normalized spacial score (nSPS) is 11.5. The second-order valence-corrected chi connectivity index (χ2v) is 7.28. The van der Waals surface area contributed by atoms with Crippen molar-refractivity contribution < 1.29 is 19.1 Å². The van der Waals surface area contributed by atoms with Gasteiger partial charge in [-0.1, -0.05) is 91.0 Å². The fourth-order valence-corrected chi connectivity index (χ4v) is 3.35. The van der Waals surface area contributed by atoms with Crippen molar-refractivity contribution in [2.75, 3.05) is 0 Å². The summed E-state index contributed by atoms with van der Waals surface area (Å²) in [7, 11) is 0. The molecule has 4 aromatic rings. The van der Waals surface area contributed by atoms with Crippen LogP contribution in [0.3, 0.4) is 0 Å². The summed E-state index contributed by atoms with van der Waals surface area (Å²) in [5, 5.41) is 0. The Labute approximate surface area is 190 Å². The Hall–Kier alpha value is -4.45. The molecule has 0 bridgehead atoms. The number of esters is 2. The minimum atomic E-state index is -1.29. The van der Waals surface area contributed by atoms with Crippen LogP contribution in [0.2, 0.25) is 0 Å². The molecular weight excluding hydrogens is 418 g/mol. The van der Waals surface area contributed by atoms with Crippen molar-refractivity contribution in [3.8, 4) is 0 Å². The van der Waals surface area contributed by atoms with E-state index in [1.807, 2.05) is 60.7 Å². The molecule has 6 nitrogen and oxygen atoms in total. The van der Waals surface area contributed by atoms with Gasteiger partial charge in [-0.3, -0.25) is 4.79 Å². The molecule has 1 heterocycles. The minimum absolute atomic E-state index is 0.117. The molecule has 3 aromatic carbocycles. The summed E-state index contributed by atoms with van der Waals surface area (Å²) in [5.41, 5.74) is 1.82. The van der Waals surface area contributed by atoms with Crippen molar-refractivity contribution in [2.45, 2.75) is 12.2 Å². The van der Waals surface area contributed by atoms with Gasteiger partial charge in [0, 0.05) is 17.8 Å². The molecule has 6 heteroatoms. The first kappa shape index (κ1) is 21.8. The predicted molar refractivity (Wildman–Crippen MR) is 122 cm³/mol. The van der Waals surface area contributed by atoms with Crippen LogP contribution >= 0.6 is 0 Å². The number of nitrogens with one attached hydrogen (secondary N) is 1. The number of carbonyl (C=O) groups is 2. The van der Waals surface area contributed by atoms with Gasteiger partial charge in [0.2, 0.25) is 11.7 Å². The van der Waals surface area contributed by atoms with E-state index in [4.69, 9.17) is 9.47 Å². The van der Waals surface area contributed by atoms with Crippen LogP contribution in [0.4, 0.5) is 0 Å². The smallest absolute Gasteiger partial charge is 0.353 e. The Balaban J connectivity index is 1.64. The Morgan fingerprint density at radius 2 is 1.15 bits per heavy atom. The number of ether oxygens (including phenoxy) is 2. The van der Waals surface area contributed by atoms with Crippen LogP contribution in [0.15, 0.2) is 114 Å². The quantitative estimate of drug-likeness (QED) is 0.425. The highest BCUT2D eigenvalue weighted by molar-refractivity contribution is 5.91. The Morgan fingerprint density at radius 1 is 0.636 bits per heavy atom. The lowest BCUT2D eigenvalue weighted by atomic mass is 10.0. The van der Waals surface area contributed by atoms with Gasteiger partial charge in [0.25, 0.3) is 0 Å². The van der Waals surface area contributed by atoms with Crippen LogP contribution in [0.1, 0.15) is 39.3 Å². The summed E-state index contributed by atoms with van der Waals surface area (Å²) in [6, 6.07) is 29.9. The topological polar surface area (TPSA) is 85.5 Å². The lowest BCUT2D eigenvalue weighted by Crippen LogP contribution is -2.24. The molecule has 33 heavy (non-hydrogen) atoms. The molecule has 1 N–H and O–H groups in total. The summed E-state index contributed by atoms with van der Waals surface area (Å²) in [4.78, 5) is 39.8. The number of hydrogen-bond donors (Lipinski definition) is 1. The number of aromatic nitrogens is 1. The lowest BCUT2D eigenvalue weighted by Gasteiger charge is -2.23. The maximum atomic E-state index is 13.4. The minimum Gasteiger partial charge on any atom is -0.450 e. The predicted octanol–water partition coefficient (Wildman–Crippen LogP) is 4.61. The van der Waals surface area contributed by atoms with Gasteiger partial charge in [-0.25, -0.2) is 9.59 Å². The molecule has 0 amide bonds. The summed E-state index contributed by atoms with van der Waals surface area (Å²) >= 11 is 0. The molecule has 0 aliphatic heterocycles. The molecule has 1 aromatic heterocycles. The Kier molecular flexibility index (Phi) is 6.75. The van der Waals surface area contributed by atoms with Crippen LogP contribution in [-0.2, 0) is 14.3 Å². The van der Waals surface area contributed by atoms with E-state index in [0.29, 0.717) is 5.56 Å². The fraction of sp³-hybridized carbons (Fsp3) is 0.0741. The summed E-state index contributed by atoms with van der Waals surface area (Å²) in [5.74, 6) is -1.47. The number of carbonyl (C=O) groups excluding carboxylic acids is 2. The molecule has 0 radical (unpaired) electrons. The van der Waals surface area contributed by atoms with Gasteiger partial charge < -0.3 is 14.5 Å². The molecule has 0 saturated heterocycles. The van der Waals surface area contributed by atoms with Crippen LogP contribution in [0.25, 0.3) is 0 Å². The van der Waals surface area contributed by atoms with Crippen molar-refractivity contribution in [1.82, 2.24) is 4.98 Å². The fourth-order valence-electron chi connectivity index (χ4n) is 3.35. The zero-order valence-corrected chi connectivity index (χ0v) is 17.6. The van der Waals surface area contributed by atoms with Gasteiger partial charge >= 0.3 is 11.9 Å². The highest BCUT2D eigenvalue weighted by atomic mass is 16.6. The number of aromatic amines is 1. The first-order valence-corrected chi connectivity index (χ1v) is 10.4.